The van der Waals surface area contributed by atoms with E-state index >= 15 is 0 Å². The number of hydrogen-bond acceptors (Lipinski definition) is 2. The molecule has 0 bridgehead atoms. The van der Waals surface area contributed by atoms with Crippen LogP contribution in [0.25, 0.3) is 10.8 Å². The molecule has 3 aromatic rings. The Morgan fingerprint density at radius 3 is 2.42 bits per heavy atom. The van der Waals surface area contributed by atoms with Crippen molar-refractivity contribution in [3.05, 3.63) is 71.3 Å². The summed E-state index contributed by atoms with van der Waals surface area (Å²) in [6.07, 6.45) is 4.03. The zero-order chi connectivity index (χ0) is 16.9. The molecule has 0 aliphatic rings. The maximum atomic E-state index is 10.4. The van der Waals surface area contributed by atoms with Gasteiger partial charge in [0.1, 0.15) is 11.5 Å². The van der Waals surface area contributed by atoms with Crippen molar-refractivity contribution in [1.82, 2.24) is 0 Å². The fourth-order valence-corrected chi connectivity index (χ4v) is 3.28. The van der Waals surface area contributed by atoms with Gasteiger partial charge in [-0.25, -0.2) is 0 Å². The van der Waals surface area contributed by atoms with Crippen LogP contribution in [0, 0.1) is 0 Å². The SMILES string of the molecule is CCCCc1cccc(O)c1Cc1ccc(OC)c2ccccc12. The Hall–Kier alpha value is -2.48. The first kappa shape index (κ1) is 16.4. The third-order valence-electron chi connectivity index (χ3n) is 4.61. The Morgan fingerprint density at radius 1 is 0.875 bits per heavy atom. The molecule has 2 heteroatoms. The quantitative estimate of drug-likeness (QED) is 0.651. The number of fused-ring (bicyclic) bond motifs is 1. The van der Waals surface area contributed by atoms with E-state index in [1.807, 2.05) is 24.3 Å². The zero-order valence-corrected chi connectivity index (χ0v) is 14.4. The highest BCUT2D eigenvalue weighted by Crippen LogP contribution is 2.32. The van der Waals surface area contributed by atoms with Crippen molar-refractivity contribution in [3.63, 3.8) is 0 Å². The second kappa shape index (κ2) is 7.39. The van der Waals surface area contributed by atoms with E-state index in [-0.39, 0.29) is 0 Å². The van der Waals surface area contributed by atoms with E-state index in [0.717, 1.165) is 42.4 Å². The molecule has 124 valence electrons. The molecule has 0 atom stereocenters. The van der Waals surface area contributed by atoms with Crippen molar-refractivity contribution in [1.29, 1.82) is 0 Å². The summed E-state index contributed by atoms with van der Waals surface area (Å²) in [5.74, 6) is 1.28. The van der Waals surface area contributed by atoms with Crippen LogP contribution < -0.4 is 4.74 Å². The van der Waals surface area contributed by atoms with Crippen molar-refractivity contribution in [2.24, 2.45) is 0 Å². The number of phenolic OH excluding ortho intramolecular Hbond substituents is 1. The third-order valence-corrected chi connectivity index (χ3v) is 4.61. The van der Waals surface area contributed by atoms with E-state index in [4.69, 9.17) is 4.74 Å². The summed E-state index contributed by atoms with van der Waals surface area (Å²) in [5.41, 5.74) is 3.50. The van der Waals surface area contributed by atoms with Crippen LogP contribution in [-0.4, -0.2) is 12.2 Å². The molecule has 24 heavy (non-hydrogen) atoms. The molecule has 0 saturated heterocycles. The first-order valence-electron chi connectivity index (χ1n) is 8.59. The van der Waals surface area contributed by atoms with Crippen LogP contribution in [0.4, 0.5) is 0 Å². The lowest BCUT2D eigenvalue weighted by molar-refractivity contribution is 0.419. The standard InChI is InChI=1S/C22H24O2/c1-3-4-8-16-9-7-12-21(23)20(16)15-17-13-14-22(24-2)19-11-6-5-10-18(17)19/h5-7,9-14,23H,3-4,8,15H2,1-2H3. The third kappa shape index (κ3) is 3.23. The molecular formula is C22H24O2. The van der Waals surface area contributed by atoms with Gasteiger partial charge in [-0.2, -0.15) is 0 Å². The summed E-state index contributed by atoms with van der Waals surface area (Å²) in [5, 5.41) is 12.7. The molecule has 3 aromatic carbocycles. The van der Waals surface area contributed by atoms with Crippen LogP contribution in [0.5, 0.6) is 11.5 Å². The fourth-order valence-electron chi connectivity index (χ4n) is 3.28. The molecule has 0 spiro atoms. The monoisotopic (exact) mass is 320 g/mol. The molecule has 0 heterocycles. The Balaban J connectivity index is 2.05. The van der Waals surface area contributed by atoms with Crippen molar-refractivity contribution < 1.29 is 9.84 Å². The largest absolute Gasteiger partial charge is 0.508 e. The van der Waals surface area contributed by atoms with Crippen molar-refractivity contribution >= 4 is 10.8 Å². The second-order valence-corrected chi connectivity index (χ2v) is 6.17. The molecule has 0 unspecified atom stereocenters. The minimum Gasteiger partial charge on any atom is -0.508 e. The summed E-state index contributed by atoms with van der Waals surface area (Å²) in [4.78, 5) is 0. The lowest BCUT2D eigenvalue weighted by Crippen LogP contribution is -1.98. The lowest BCUT2D eigenvalue weighted by Gasteiger charge is -2.14. The highest BCUT2D eigenvalue weighted by atomic mass is 16.5. The Labute approximate surface area is 143 Å². The molecule has 0 saturated carbocycles. The van der Waals surface area contributed by atoms with Gasteiger partial charge in [0.2, 0.25) is 0 Å². The van der Waals surface area contributed by atoms with Gasteiger partial charge in [0.25, 0.3) is 0 Å². The lowest BCUT2D eigenvalue weighted by atomic mass is 9.93. The molecule has 0 aliphatic carbocycles. The van der Waals surface area contributed by atoms with Crippen molar-refractivity contribution in [2.45, 2.75) is 32.6 Å². The minimum atomic E-state index is 0.392. The van der Waals surface area contributed by atoms with Crippen LogP contribution in [0.3, 0.4) is 0 Å². The summed E-state index contributed by atoms with van der Waals surface area (Å²) < 4.78 is 5.48. The average Bonchev–Trinajstić information content (AvgIpc) is 2.62. The number of benzene rings is 3. The highest BCUT2D eigenvalue weighted by molar-refractivity contribution is 5.91. The zero-order valence-electron chi connectivity index (χ0n) is 14.4. The molecule has 3 rings (SSSR count). The number of phenols is 1. The van der Waals surface area contributed by atoms with Gasteiger partial charge in [0, 0.05) is 17.4 Å². The predicted molar refractivity (Wildman–Crippen MR) is 100 cm³/mol. The minimum absolute atomic E-state index is 0.392. The number of rotatable bonds is 6. The van der Waals surface area contributed by atoms with Gasteiger partial charge in [0.05, 0.1) is 7.11 Å². The maximum Gasteiger partial charge on any atom is 0.126 e. The number of hydrogen-bond donors (Lipinski definition) is 1. The van der Waals surface area contributed by atoms with Crippen LogP contribution in [-0.2, 0) is 12.8 Å². The normalized spacial score (nSPS) is 10.9. The number of aryl methyl sites for hydroxylation is 1. The van der Waals surface area contributed by atoms with Crippen molar-refractivity contribution in [2.75, 3.05) is 7.11 Å². The smallest absolute Gasteiger partial charge is 0.126 e. The summed E-state index contributed by atoms with van der Waals surface area (Å²) >= 11 is 0. The van der Waals surface area contributed by atoms with Crippen LogP contribution >= 0.6 is 0 Å². The topological polar surface area (TPSA) is 29.5 Å². The van der Waals surface area contributed by atoms with Crippen LogP contribution in [0.2, 0.25) is 0 Å². The molecular weight excluding hydrogens is 296 g/mol. The first-order chi connectivity index (χ1) is 11.7. The molecule has 1 N–H and O–H groups in total. The molecule has 0 fully saturated rings. The summed E-state index contributed by atoms with van der Waals surface area (Å²) in [6.45, 7) is 2.19. The fraction of sp³-hybridized carbons (Fsp3) is 0.273. The molecule has 0 aliphatic heterocycles. The van der Waals surface area contributed by atoms with Gasteiger partial charge in [-0.1, -0.05) is 55.8 Å². The van der Waals surface area contributed by atoms with Crippen LogP contribution in [0.1, 0.15) is 36.5 Å². The number of aromatic hydroxyl groups is 1. The van der Waals surface area contributed by atoms with Gasteiger partial charge in [0.15, 0.2) is 0 Å². The van der Waals surface area contributed by atoms with Gasteiger partial charge in [-0.15, -0.1) is 0 Å². The Kier molecular flexibility index (Phi) is 5.05. The van der Waals surface area contributed by atoms with E-state index in [1.165, 1.54) is 16.5 Å². The van der Waals surface area contributed by atoms with E-state index in [1.54, 1.807) is 13.2 Å². The highest BCUT2D eigenvalue weighted by Gasteiger charge is 2.12. The molecule has 0 aromatic heterocycles. The van der Waals surface area contributed by atoms with E-state index < -0.39 is 0 Å². The second-order valence-electron chi connectivity index (χ2n) is 6.17. The van der Waals surface area contributed by atoms with E-state index in [0.29, 0.717) is 5.75 Å². The van der Waals surface area contributed by atoms with E-state index in [2.05, 4.69) is 31.2 Å². The Bertz CT molecular complexity index is 836. The Morgan fingerprint density at radius 2 is 1.67 bits per heavy atom. The number of unbranched alkanes of at least 4 members (excludes halogenated alkanes) is 1. The molecule has 0 amide bonds. The first-order valence-corrected chi connectivity index (χ1v) is 8.59. The molecule has 2 nitrogen and oxygen atoms in total. The van der Waals surface area contributed by atoms with E-state index in [9.17, 15) is 5.11 Å². The maximum absolute atomic E-state index is 10.4. The predicted octanol–water partition coefficient (Wildman–Crippen LogP) is 5.49. The van der Waals surface area contributed by atoms with Crippen LogP contribution in [0.15, 0.2) is 54.6 Å². The van der Waals surface area contributed by atoms with Gasteiger partial charge >= 0.3 is 0 Å². The number of methoxy groups -OCH3 is 1. The van der Waals surface area contributed by atoms with Gasteiger partial charge in [-0.3, -0.25) is 0 Å². The van der Waals surface area contributed by atoms with Crippen molar-refractivity contribution in [3.8, 4) is 11.5 Å². The number of ether oxygens (including phenoxy) is 1. The molecule has 0 radical (unpaired) electrons. The van der Waals surface area contributed by atoms with Gasteiger partial charge < -0.3 is 9.84 Å². The summed E-state index contributed by atoms with van der Waals surface area (Å²) in [6, 6.07) is 18.3. The summed E-state index contributed by atoms with van der Waals surface area (Å²) in [7, 11) is 1.70. The van der Waals surface area contributed by atoms with Gasteiger partial charge in [-0.05, 0) is 41.5 Å². The average molecular weight is 320 g/mol.